The number of hydrogen-bond acceptors (Lipinski definition) is 6. The molecule has 1 saturated heterocycles. The molecule has 0 spiro atoms. The highest BCUT2D eigenvalue weighted by Gasteiger charge is 2.31. The van der Waals surface area contributed by atoms with Crippen LogP contribution in [-0.2, 0) is 7.05 Å². The molecule has 3 aromatic rings. The van der Waals surface area contributed by atoms with Crippen molar-refractivity contribution >= 4 is 42.1 Å². The Labute approximate surface area is 185 Å². The van der Waals surface area contributed by atoms with Gasteiger partial charge >= 0.3 is 0 Å². The summed E-state index contributed by atoms with van der Waals surface area (Å²) in [6.45, 7) is 2.10. The van der Waals surface area contributed by atoms with Crippen molar-refractivity contribution in [3.63, 3.8) is 0 Å². The molecule has 29 heavy (non-hydrogen) atoms. The van der Waals surface area contributed by atoms with Gasteiger partial charge in [-0.25, -0.2) is 4.98 Å². The molecule has 1 N–H and O–H groups in total. The molecule has 4 rings (SSSR count). The summed E-state index contributed by atoms with van der Waals surface area (Å²) in [5.41, 5.74) is 1.93. The molecule has 1 amide bonds. The van der Waals surface area contributed by atoms with E-state index in [9.17, 15) is 4.79 Å². The number of aryl methyl sites for hydroxylation is 1. The van der Waals surface area contributed by atoms with Crippen molar-refractivity contribution in [3.8, 4) is 16.3 Å². The predicted molar refractivity (Wildman–Crippen MR) is 118 cm³/mol. The number of benzene rings is 1. The van der Waals surface area contributed by atoms with E-state index in [2.05, 4.69) is 15.4 Å². The number of amides is 1. The molecule has 10 heteroatoms. The van der Waals surface area contributed by atoms with Gasteiger partial charge in [-0.05, 0) is 6.07 Å². The Morgan fingerprint density at radius 2 is 2.07 bits per heavy atom. The average Bonchev–Trinajstić information content (AvgIpc) is 3.36. The number of para-hydroxylation sites is 1. The number of carbonyl (C=O) groups is 1. The molecule has 1 aliphatic rings. The Balaban J connectivity index is 0.00000150. The molecule has 2 aromatic heterocycles. The monoisotopic (exact) mass is 455 g/mol. The molecular formula is C19H23Cl2N5O2S. The van der Waals surface area contributed by atoms with Crippen molar-refractivity contribution < 1.29 is 9.53 Å². The lowest BCUT2D eigenvalue weighted by atomic mass is 10.0. The van der Waals surface area contributed by atoms with E-state index in [4.69, 9.17) is 4.74 Å². The first-order chi connectivity index (χ1) is 13.2. The second-order valence-corrected chi connectivity index (χ2v) is 7.42. The molecule has 0 bridgehead atoms. The summed E-state index contributed by atoms with van der Waals surface area (Å²) in [6.07, 6.45) is 5.32. The number of piperazine rings is 1. The summed E-state index contributed by atoms with van der Waals surface area (Å²) >= 11 is 1.40. The molecule has 0 saturated carbocycles. The number of aromatic nitrogens is 3. The summed E-state index contributed by atoms with van der Waals surface area (Å²) in [5, 5.41) is 8.36. The molecule has 1 unspecified atom stereocenters. The van der Waals surface area contributed by atoms with Gasteiger partial charge in [-0.2, -0.15) is 5.10 Å². The van der Waals surface area contributed by atoms with Crippen molar-refractivity contribution in [2.45, 2.75) is 6.04 Å². The number of halogens is 2. The van der Waals surface area contributed by atoms with Crippen molar-refractivity contribution in [3.05, 3.63) is 53.3 Å². The lowest BCUT2D eigenvalue weighted by Crippen LogP contribution is -2.48. The van der Waals surface area contributed by atoms with E-state index >= 15 is 0 Å². The van der Waals surface area contributed by atoms with Gasteiger partial charge in [0.05, 0.1) is 25.5 Å². The van der Waals surface area contributed by atoms with Crippen molar-refractivity contribution in [2.24, 2.45) is 7.05 Å². The van der Waals surface area contributed by atoms with E-state index in [0.29, 0.717) is 18.0 Å². The summed E-state index contributed by atoms with van der Waals surface area (Å²) in [4.78, 5) is 20.2. The van der Waals surface area contributed by atoms with Crippen LogP contribution in [0.25, 0.3) is 10.6 Å². The number of nitrogens with one attached hydrogen (secondary N) is 1. The van der Waals surface area contributed by atoms with Gasteiger partial charge in [0.15, 0.2) is 0 Å². The molecule has 1 atom stereocenters. The largest absolute Gasteiger partial charge is 0.496 e. The summed E-state index contributed by atoms with van der Waals surface area (Å²) < 4.78 is 7.24. The highest BCUT2D eigenvalue weighted by atomic mass is 35.5. The summed E-state index contributed by atoms with van der Waals surface area (Å²) in [5.74, 6) is 0.796. The van der Waals surface area contributed by atoms with Gasteiger partial charge in [0.25, 0.3) is 5.91 Å². The zero-order chi connectivity index (χ0) is 18.8. The van der Waals surface area contributed by atoms with Gasteiger partial charge in [-0.15, -0.1) is 36.2 Å². The molecule has 1 fully saturated rings. The maximum Gasteiger partial charge on any atom is 0.266 e. The van der Waals surface area contributed by atoms with Crippen molar-refractivity contribution in [1.82, 2.24) is 25.0 Å². The van der Waals surface area contributed by atoms with Crippen LogP contribution in [0.3, 0.4) is 0 Å². The van der Waals surface area contributed by atoms with Gasteiger partial charge in [0, 0.05) is 44.0 Å². The molecule has 156 valence electrons. The van der Waals surface area contributed by atoms with Crippen LogP contribution in [0.4, 0.5) is 0 Å². The van der Waals surface area contributed by atoms with Crippen LogP contribution in [0, 0.1) is 0 Å². The predicted octanol–water partition coefficient (Wildman–Crippen LogP) is 3.18. The Morgan fingerprint density at radius 1 is 1.28 bits per heavy atom. The van der Waals surface area contributed by atoms with Crippen LogP contribution in [0.2, 0.25) is 0 Å². The van der Waals surface area contributed by atoms with E-state index < -0.39 is 0 Å². The molecule has 1 aromatic carbocycles. The van der Waals surface area contributed by atoms with E-state index in [1.54, 1.807) is 24.2 Å². The molecule has 7 nitrogen and oxygen atoms in total. The first-order valence-corrected chi connectivity index (χ1v) is 9.58. The fourth-order valence-corrected chi connectivity index (χ4v) is 4.19. The second-order valence-electron chi connectivity index (χ2n) is 6.39. The quantitative estimate of drug-likeness (QED) is 0.653. The van der Waals surface area contributed by atoms with Crippen LogP contribution in [-0.4, -0.2) is 52.3 Å². The van der Waals surface area contributed by atoms with Gasteiger partial charge in [0.1, 0.15) is 15.6 Å². The zero-order valence-electron chi connectivity index (χ0n) is 16.1. The lowest BCUT2D eigenvalue weighted by molar-refractivity contribution is 0.0636. The van der Waals surface area contributed by atoms with Gasteiger partial charge in [0.2, 0.25) is 0 Å². The first kappa shape index (κ1) is 23.2. The van der Waals surface area contributed by atoms with Gasteiger partial charge in [-0.3, -0.25) is 9.48 Å². The fraction of sp³-hybridized carbons (Fsp3) is 0.316. The Morgan fingerprint density at radius 3 is 2.79 bits per heavy atom. The molecule has 3 heterocycles. The van der Waals surface area contributed by atoms with Gasteiger partial charge < -0.3 is 15.0 Å². The third-order valence-electron chi connectivity index (χ3n) is 4.67. The molecule has 0 aliphatic carbocycles. The minimum absolute atomic E-state index is 0. The zero-order valence-corrected chi connectivity index (χ0v) is 18.5. The number of hydrogen-bond donors (Lipinski definition) is 1. The van der Waals surface area contributed by atoms with Crippen LogP contribution >= 0.6 is 36.2 Å². The summed E-state index contributed by atoms with van der Waals surface area (Å²) in [7, 11) is 3.52. The third kappa shape index (κ3) is 4.72. The number of carbonyl (C=O) groups excluding carboxylic acids is 1. The smallest absolute Gasteiger partial charge is 0.266 e. The van der Waals surface area contributed by atoms with E-state index in [1.165, 1.54) is 11.3 Å². The lowest BCUT2D eigenvalue weighted by Gasteiger charge is -2.36. The maximum absolute atomic E-state index is 13.2. The standard InChI is InChI=1S/C19H21N5O2S.2ClH/c1-23-12-13(9-22-23)18-21-11-17(27-18)19(25)24-8-7-20-10-15(24)14-5-3-4-6-16(14)26-2;;/h3-6,9,11-12,15,20H,7-8,10H2,1-2H3;2*1H. The van der Waals surface area contributed by atoms with E-state index in [1.807, 2.05) is 42.4 Å². The summed E-state index contributed by atoms with van der Waals surface area (Å²) in [6, 6.07) is 7.78. The Bertz CT molecular complexity index is 961. The second kappa shape index (κ2) is 10.1. The van der Waals surface area contributed by atoms with E-state index in [0.717, 1.165) is 28.4 Å². The molecular weight excluding hydrogens is 433 g/mol. The topological polar surface area (TPSA) is 72.3 Å². The SMILES string of the molecule is COc1ccccc1C1CNCCN1C(=O)c1cnc(-c2cnn(C)c2)s1.Cl.Cl. The molecule has 0 radical (unpaired) electrons. The highest BCUT2D eigenvalue weighted by molar-refractivity contribution is 7.16. The van der Waals surface area contributed by atoms with Crippen LogP contribution < -0.4 is 10.1 Å². The number of thiazole rings is 1. The van der Waals surface area contributed by atoms with Crippen molar-refractivity contribution in [2.75, 3.05) is 26.7 Å². The average molecular weight is 456 g/mol. The van der Waals surface area contributed by atoms with Crippen LogP contribution in [0.5, 0.6) is 5.75 Å². The van der Waals surface area contributed by atoms with Gasteiger partial charge in [-0.1, -0.05) is 18.2 Å². The third-order valence-corrected chi connectivity index (χ3v) is 5.70. The minimum atomic E-state index is -0.0775. The number of methoxy groups -OCH3 is 1. The number of rotatable bonds is 4. The maximum atomic E-state index is 13.2. The fourth-order valence-electron chi connectivity index (χ4n) is 3.35. The van der Waals surface area contributed by atoms with Crippen LogP contribution in [0.15, 0.2) is 42.9 Å². The Hall–Kier alpha value is -2.13. The first-order valence-electron chi connectivity index (χ1n) is 8.77. The van der Waals surface area contributed by atoms with E-state index in [-0.39, 0.29) is 36.8 Å². The van der Waals surface area contributed by atoms with Crippen molar-refractivity contribution in [1.29, 1.82) is 0 Å². The highest BCUT2D eigenvalue weighted by Crippen LogP contribution is 2.33. The Kier molecular flexibility index (Phi) is 8.04. The van der Waals surface area contributed by atoms with Crippen LogP contribution in [0.1, 0.15) is 21.3 Å². The number of nitrogens with zero attached hydrogens (tertiary/aromatic N) is 4. The minimum Gasteiger partial charge on any atom is -0.496 e. The number of ether oxygens (including phenoxy) is 1. The normalized spacial score (nSPS) is 15.9. The molecule has 1 aliphatic heterocycles.